The Bertz CT molecular complexity index is 1490. The zero-order chi connectivity index (χ0) is 24.5. The highest BCUT2D eigenvalue weighted by Gasteiger charge is 2.44. The van der Waals surface area contributed by atoms with Crippen molar-refractivity contribution in [2.24, 2.45) is 5.10 Å². The Labute approximate surface area is 219 Å². The summed E-state index contributed by atoms with van der Waals surface area (Å²) in [5.74, 6) is 0.459. The summed E-state index contributed by atoms with van der Waals surface area (Å²) in [5.41, 5.74) is 9.07. The van der Waals surface area contributed by atoms with E-state index in [4.69, 9.17) is 4.98 Å². The zero-order valence-corrected chi connectivity index (χ0v) is 21.5. The van der Waals surface area contributed by atoms with Gasteiger partial charge in [0.1, 0.15) is 0 Å². The third-order valence-corrected chi connectivity index (χ3v) is 8.02. The lowest BCUT2D eigenvalue weighted by atomic mass is 9.68. The predicted molar refractivity (Wildman–Crippen MR) is 149 cm³/mol. The molecule has 0 atom stereocenters. The number of benzene rings is 3. The maximum atomic E-state index is 14.3. The molecule has 6 heteroatoms. The number of nitrogens with zero attached hydrogens (tertiary/aromatic N) is 3. The van der Waals surface area contributed by atoms with E-state index < -0.39 is 0 Å². The Morgan fingerprint density at radius 3 is 2.47 bits per heavy atom. The van der Waals surface area contributed by atoms with Crippen molar-refractivity contribution in [1.29, 1.82) is 0 Å². The SMILES string of the molecule is O=c1c2c(nc(NN=Cc3ccc(Br)cc3)n1Cc1ccccc1)-c1ccccc1CC21CCCC1. The lowest BCUT2D eigenvalue weighted by Crippen LogP contribution is -2.40. The van der Waals surface area contributed by atoms with Crippen LogP contribution in [0.2, 0.25) is 0 Å². The number of hydrogen-bond donors (Lipinski definition) is 1. The van der Waals surface area contributed by atoms with E-state index in [2.05, 4.69) is 44.7 Å². The summed E-state index contributed by atoms with van der Waals surface area (Å²) in [6, 6.07) is 26.4. The number of rotatable bonds is 5. The first-order valence-corrected chi connectivity index (χ1v) is 13.2. The van der Waals surface area contributed by atoms with E-state index in [0.717, 1.165) is 64.5 Å². The second kappa shape index (κ2) is 9.51. The second-order valence-corrected chi connectivity index (χ2v) is 10.7. The maximum Gasteiger partial charge on any atom is 0.259 e. The first-order valence-electron chi connectivity index (χ1n) is 12.5. The van der Waals surface area contributed by atoms with E-state index in [1.54, 1.807) is 10.8 Å². The van der Waals surface area contributed by atoms with Crippen LogP contribution in [0, 0.1) is 0 Å². The lowest BCUT2D eigenvalue weighted by molar-refractivity contribution is 0.422. The van der Waals surface area contributed by atoms with Crippen LogP contribution in [0.4, 0.5) is 5.95 Å². The largest absolute Gasteiger partial charge is 0.273 e. The maximum absolute atomic E-state index is 14.3. The van der Waals surface area contributed by atoms with Crippen molar-refractivity contribution in [1.82, 2.24) is 9.55 Å². The highest BCUT2D eigenvalue weighted by atomic mass is 79.9. The van der Waals surface area contributed by atoms with E-state index in [1.165, 1.54) is 5.56 Å². The Morgan fingerprint density at radius 2 is 1.69 bits per heavy atom. The number of hydrogen-bond acceptors (Lipinski definition) is 4. The minimum absolute atomic E-state index is 0.0431. The van der Waals surface area contributed by atoms with E-state index in [0.29, 0.717) is 12.5 Å². The summed E-state index contributed by atoms with van der Waals surface area (Å²) >= 11 is 3.46. The van der Waals surface area contributed by atoms with Gasteiger partial charge in [-0.15, -0.1) is 0 Å². The molecular weight excluding hydrogens is 512 g/mol. The van der Waals surface area contributed by atoms with E-state index >= 15 is 0 Å². The van der Waals surface area contributed by atoms with Gasteiger partial charge in [0.15, 0.2) is 0 Å². The molecule has 0 saturated heterocycles. The minimum Gasteiger partial charge on any atom is -0.273 e. The van der Waals surface area contributed by atoms with Crippen molar-refractivity contribution in [2.75, 3.05) is 5.43 Å². The molecule has 0 unspecified atom stereocenters. The first-order chi connectivity index (χ1) is 17.6. The molecule has 2 aliphatic carbocycles. The summed E-state index contributed by atoms with van der Waals surface area (Å²) in [5, 5.41) is 4.47. The van der Waals surface area contributed by atoms with Crippen LogP contribution < -0.4 is 11.0 Å². The highest BCUT2D eigenvalue weighted by molar-refractivity contribution is 9.10. The molecule has 1 fully saturated rings. The number of halogens is 1. The van der Waals surface area contributed by atoms with E-state index in [1.807, 2.05) is 60.7 Å². The van der Waals surface area contributed by atoms with Crippen molar-refractivity contribution >= 4 is 28.1 Å². The summed E-state index contributed by atoms with van der Waals surface area (Å²) in [6.45, 7) is 0.438. The molecule has 1 aromatic heterocycles. The quantitative estimate of drug-likeness (QED) is 0.232. The first kappa shape index (κ1) is 22.9. The molecular formula is C30H27BrN4O. The Balaban J connectivity index is 1.50. The van der Waals surface area contributed by atoms with Gasteiger partial charge >= 0.3 is 0 Å². The minimum atomic E-state index is -0.134. The van der Waals surface area contributed by atoms with Gasteiger partial charge in [0.25, 0.3) is 5.56 Å². The Hall–Kier alpha value is -3.51. The molecule has 0 radical (unpaired) electrons. The van der Waals surface area contributed by atoms with E-state index in [9.17, 15) is 4.79 Å². The molecule has 0 aliphatic heterocycles. The molecule has 4 aromatic rings. The number of fused-ring (bicyclic) bond motifs is 4. The molecule has 1 N–H and O–H groups in total. The van der Waals surface area contributed by atoms with Crippen LogP contribution in [0.3, 0.4) is 0 Å². The number of aromatic nitrogens is 2. The van der Waals surface area contributed by atoms with Gasteiger partial charge in [-0.2, -0.15) is 5.10 Å². The second-order valence-electron chi connectivity index (χ2n) is 9.78. The van der Waals surface area contributed by atoms with Crippen molar-refractivity contribution in [3.8, 4) is 11.3 Å². The van der Waals surface area contributed by atoms with Crippen LogP contribution >= 0.6 is 15.9 Å². The van der Waals surface area contributed by atoms with Crippen LogP contribution in [0.1, 0.15) is 47.9 Å². The summed E-state index contributed by atoms with van der Waals surface area (Å²) in [7, 11) is 0. The van der Waals surface area contributed by atoms with Gasteiger partial charge in [0.05, 0.1) is 24.0 Å². The highest BCUT2D eigenvalue weighted by Crippen LogP contribution is 2.49. The molecule has 0 amide bonds. The summed E-state index contributed by atoms with van der Waals surface area (Å²) in [4.78, 5) is 19.4. The van der Waals surface area contributed by atoms with Crippen LogP contribution in [0.25, 0.3) is 11.3 Å². The van der Waals surface area contributed by atoms with Gasteiger partial charge in [-0.25, -0.2) is 10.4 Å². The summed E-state index contributed by atoms with van der Waals surface area (Å²) < 4.78 is 2.78. The molecule has 1 heterocycles. The number of hydrazone groups is 1. The molecule has 1 spiro atoms. The van der Waals surface area contributed by atoms with Gasteiger partial charge < -0.3 is 0 Å². The Morgan fingerprint density at radius 1 is 0.972 bits per heavy atom. The summed E-state index contributed by atoms with van der Waals surface area (Å²) in [6.07, 6.45) is 7.02. The van der Waals surface area contributed by atoms with Gasteiger partial charge in [0, 0.05) is 15.5 Å². The molecule has 1 saturated carbocycles. The van der Waals surface area contributed by atoms with Crippen molar-refractivity contribution < 1.29 is 0 Å². The number of anilines is 1. The van der Waals surface area contributed by atoms with E-state index in [-0.39, 0.29) is 11.0 Å². The fourth-order valence-corrected chi connectivity index (χ4v) is 6.04. The van der Waals surface area contributed by atoms with Crippen LogP contribution in [-0.2, 0) is 18.4 Å². The Kier molecular flexibility index (Phi) is 6.05. The third-order valence-electron chi connectivity index (χ3n) is 7.49. The molecule has 2 aliphatic rings. The van der Waals surface area contributed by atoms with Gasteiger partial charge in [-0.3, -0.25) is 9.36 Å². The van der Waals surface area contributed by atoms with Crippen molar-refractivity contribution in [3.63, 3.8) is 0 Å². The topological polar surface area (TPSA) is 59.3 Å². The van der Waals surface area contributed by atoms with Crippen molar-refractivity contribution in [3.05, 3.63) is 116 Å². The smallest absolute Gasteiger partial charge is 0.259 e. The standard InChI is InChI=1S/C30H27BrN4O/c31-24-14-12-21(13-15-24)19-32-34-29-33-27-25-11-5-4-10-23(25)18-30(16-6-7-17-30)26(27)28(36)35(29)20-22-8-2-1-3-9-22/h1-5,8-15,19H,6-7,16-18,20H2,(H,33,34). The third kappa shape index (κ3) is 4.20. The van der Waals surface area contributed by atoms with Crippen LogP contribution in [-0.4, -0.2) is 15.8 Å². The normalized spacial score (nSPS) is 15.7. The van der Waals surface area contributed by atoms with Gasteiger partial charge in [0.2, 0.25) is 5.95 Å². The monoisotopic (exact) mass is 538 g/mol. The average Bonchev–Trinajstić information content (AvgIpc) is 3.36. The molecule has 36 heavy (non-hydrogen) atoms. The predicted octanol–water partition coefficient (Wildman–Crippen LogP) is 6.54. The molecule has 6 rings (SSSR count). The molecule has 3 aromatic carbocycles. The van der Waals surface area contributed by atoms with Crippen LogP contribution in [0.5, 0.6) is 0 Å². The molecule has 0 bridgehead atoms. The lowest BCUT2D eigenvalue weighted by Gasteiger charge is -2.36. The fourth-order valence-electron chi connectivity index (χ4n) is 5.78. The fraction of sp³-hybridized carbons (Fsp3) is 0.233. The van der Waals surface area contributed by atoms with Gasteiger partial charge in [-0.1, -0.05) is 95.5 Å². The van der Waals surface area contributed by atoms with Crippen molar-refractivity contribution in [2.45, 2.75) is 44.1 Å². The molecule has 5 nitrogen and oxygen atoms in total. The van der Waals surface area contributed by atoms with Crippen LogP contribution in [0.15, 0.2) is 93.2 Å². The average molecular weight is 539 g/mol. The zero-order valence-electron chi connectivity index (χ0n) is 20.0. The van der Waals surface area contributed by atoms with Gasteiger partial charge in [-0.05, 0) is 48.1 Å². The number of nitrogens with one attached hydrogen (secondary N) is 1. The molecule has 180 valence electrons.